The van der Waals surface area contributed by atoms with Crippen molar-refractivity contribution in [2.45, 2.75) is 0 Å². The van der Waals surface area contributed by atoms with Gasteiger partial charge >= 0.3 is 0 Å². The molecule has 0 radical (unpaired) electrons. The SMILES string of the molecule is O=C(NS)c1ccn[nH]1. The van der Waals surface area contributed by atoms with Crippen LogP contribution >= 0.6 is 12.8 Å². The Kier molecular flexibility index (Phi) is 1.74. The van der Waals surface area contributed by atoms with Gasteiger partial charge in [-0.05, 0) is 6.07 Å². The molecule has 0 saturated carbocycles. The second-order valence-corrected chi connectivity index (χ2v) is 1.63. The molecular formula is C4H5N3OS. The Hall–Kier alpha value is -0.970. The number of amides is 1. The van der Waals surface area contributed by atoms with Crippen LogP contribution < -0.4 is 4.72 Å². The predicted octanol–water partition coefficient (Wildman–Crippen LogP) is -0.0157. The largest absolute Gasteiger partial charge is 0.297 e. The molecule has 0 bridgehead atoms. The van der Waals surface area contributed by atoms with Crippen LogP contribution in [-0.2, 0) is 0 Å². The van der Waals surface area contributed by atoms with Crippen LogP contribution in [0.1, 0.15) is 10.5 Å². The van der Waals surface area contributed by atoms with Crippen molar-refractivity contribution < 1.29 is 4.79 Å². The zero-order chi connectivity index (χ0) is 6.69. The van der Waals surface area contributed by atoms with E-state index in [1.54, 1.807) is 6.07 Å². The smallest absolute Gasteiger partial charge is 0.278 e. The fraction of sp³-hybridized carbons (Fsp3) is 0. The minimum absolute atomic E-state index is 0.282. The van der Waals surface area contributed by atoms with Crippen molar-refractivity contribution in [3.05, 3.63) is 18.0 Å². The molecule has 0 spiro atoms. The van der Waals surface area contributed by atoms with Gasteiger partial charge in [-0.3, -0.25) is 14.6 Å². The first-order chi connectivity index (χ1) is 4.34. The van der Waals surface area contributed by atoms with Crippen molar-refractivity contribution in [3.63, 3.8) is 0 Å². The second kappa shape index (κ2) is 2.54. The molecule has 48 valence electrons. The third kappa shape index (κ3) is 1.23. The summed E-state index contributed by atoms with van der Waals surface area (Å²) in [4.78, 5) is 10.6. The molecule has 9 heavy (non-hydrogen) atoms. The minimum Gasteiger partial charge on any atom is -0.297 e. The number of H-pyrrole nitrogens is 1. The number of rotatable bonds is 1. The van der Waals surface area contributed by atoms with Crippen LogP contribution in [0.25, 0.3) is 0 Å². The Balaban J connectivity index is 2.77. The highest BCUT2D eigenvalue weighted by Crippen LogP contribution is 1.89. The van der Waals surface area contributed by atoms with E-state index >= 15 is 0 Å². The van der Waals surface area contributed by atoms with Gasteiger partial charge in [-0.1, -0.05) is 12.8 Å². The Bertz CT molecular complexity index is 196. The molecule has 0 aliphatic carbocycles. The minimum atomic E-state index is -0.282. The van der Waals surface area contributed by atoms with Crippen molar-refractivity contribution in [1.29, 1.82) is 0 Å². The van der Waals surface area contributed by atoms with Gasteiger partial charge in [0.25, 0.3) is 5.91 Å². The van der Waals surface area contributed by atoms with Gasteiger partial charge in [-0.25, -0.2) is 0 Å². The average molecular weight is 143 g/mol. The lowest BCUT2D eigenvalue weighted by Crippen LogP contribution is -2.12. The lowest BCUT2D eigenvalue weighted by Gasteiger charge is -1.89. The topological polar surface area (TPSA) is 57.8 Å². The zero-order valence-electron chi connectivity index (χ0n) is 4.46. The van der Waals surface area contributed by atoms with Crippen molar-refractivity contribution in [2.24, 2.45) is 0 Å². The molecule has 2 N–H and O–H groups in total. The summed E-state index contributed by atoms with van der Waals surface area (Å²) >= 11 is 3.55. The van der Waals surface area contributed by atoms with Gasteiger partial charge < -0.3 is 0 Å². The van der Waals surface area contributed by atoms with Gasteiger partial charge in [0.15, 0.2) is 0 Å². The van der Waals surface area contributed by atoms with Gasteiger partial charge in [-0.2, -0.15) is 5.10 Å². The average Bonchev–Trinajstić information content (AvgIpc) is 2.37. The van der Waals surface area contributed by atoms with E-state index < -0.39 is 0 Å². The molecule has 0 saturated heterocycles. The highest BCUT2D eigenvalue weighted by atomic mass is 32.1. The summed E-state index contributed by atoms with van der Waals surface area (Å²) in [7, 11) is 0. The van der Waals surface area contributed by atoms with Crippen molar-refractivity contribution in [2.75, 3.05) is 0 Å². The Labute approximate surface area is 57.2 Å². The molecule has 1 aromatic rings. The van der Waals surface area contributed by atoms with Crippen LogP contribution in [-0.4, -0.2) is 16.1 Å². The van der Waals surface area contributed by atoms with Crippen molar-refractivity contribution >= 4 is 18.7 Å². The fourth-order valence-electron chi connectivity index (χ4n) is 0.443. The van der Waals surface area contributed by atoms with Crippen LogP contribution in [0.5, 0.6) is 0 Å². The number of carbonyl (C=O) groups is 1. The number of hydrogen-bond donors (Lipinski definition) is 3. The monoisotopic (exact) mass is 143 g/mol. The second-order valence-electron chi connectivity index (χ2n) is 1.41. The Morgan fingerprint density at radius 2 is 2.67 bits per heavy atom. The van der Waals surface area contributed by atoms with Gasteiger partial charge in [0, 0.05) is 6.20 Å². The summed E-state index contributed by atoms with van der Waals surface area (Å²) in [6, 6.07) is 1.56. The quantitative estimate of drug-likeness (QED) is 0.484. The lowest BCUT2D eigenvalue weighted by atomic mass is 10.4. The fourth-order valence-corrected chi connectivity index (χ4v) is 0.563. The van der Waals surface area contributed by atoms with E-state index in [0.29, 0.717) is 5.69 Å². The maximum Gasteiger partial charge on any atom is 0.278 e. The van der Waals surface area contributed by atoms with E-state index in [0.717, 1.165) is 0 Å². The van der Waals surface area contributed by atoms with Crippen molar-refractivity contribution in [1.82, 2.24) is 14.9 Å². The van der Waals surface area contributed by atoms with Crippen LogP contribution in [0, 0.1) is 0 Å². The zero-order valence-corrected chi connectivity index (χ0v) is 5.35. The molecular weight excluding hydrogens is 138 g/mol. The maximum absolute atomic E-state index is 10.6. The summed E-state index contributed by atoms with van der Waals surface area (Å²) in [5.41, 5.74) is 0.407. The number of hydrogen-bond acceptors (Lipinski definition) is 3. The maximum atomic E-state index is 10.6. The molecule has 1 rings (SSSR count). The number of carbonyl (C=O) groups excluding carboxylic acids is 1. The van der Waals surface area contributed by atoms with Gasteiger partial charge in [0.2, 0.25) is 0 Å². The first kappa shape index (κ1) is 6.15. The van der Waals surface area contributed by atoms with Crippen LogP contribution in [0.4, 0.5) is 0 Å². The molecule has 0 fully saturated rings. The van der Waals surface area contributed by atoms with Gasteiger partial charge in [0.05, 0.1) is 0 Å². The van der Waals surface area contributed by atoms with E-state index in [-0.39, 0.29) is 5.91 Å². The van der Waals surface area contributed by atoms with Crippen LogP contribution in [0.3, 0.4) is 0 Å². The van der Waals surface area contributed by atoms with E-state index in [2.05, 4.69) is 27.7 Å². The molecule has 0 unspecified atom stereocenters. The Morgan fingerprint density at radius 3 is 3.11 bits per heavy atom. The first-order valence-electron chi connectivity index (χ1n) is 2.28. The third-order valence-corrected chi connectivity index (χ3v) is 1.05. The standard InChI is InChI=1S/C4H5N3OS/c8-4(7-9)3-1-2-5-6-3/h1-2,9H,(H,5,6)(H,7,8). The number of nitrogens with one attached hydrogen (secondary N) is 2. The Morgan fingerprint density at radius 1 is 1.89 bits per heavy atom. The van der Waals surface area contributed by atoms with Crippen LogP contribution in [0.2, 0.25) is 0 Å². The van der Waals surface area contributed by atoms with E-state index in [1.165, 1.54) is 6.20 Å². The number of nitrogens with zero attached hydrogens (tertiary/aromatic N) is 1. The number of aromatic nitrogens is 2. The molecule has 0 atom stereocenters. The summed E-state index contributed by atoms with van der Waals surface area (Å²) < 4.78 is 2.15. The van der Waals surface area contributed by atoms with Gasteiger partial charge in [-0.15, -0.1) is 0 Å². The third-order valence-electron chi connectivity index (χ3n) is 0.847. The predicted molar refractivity (Wildman–Crippen MR) is 35.0 cm³/mol. The number of thiol groups is 1. The van der Waals surface area contributed by atoms with Crippen molar-refractivity contribution in [3.8, 4) is 0 Å². The molecule has 5 heteroatoms. The van der Waals surface area contributed by atoms with Gasteiger partial charge in [0.1, 0.15) is 5.69 Å². The number of aromatic amines is 1. The molecule has 4 nitrogen and oxygen atoms in total. The summed E-state index contributed by atoms with van der Waals surface area (Å²) in [5, 5.41) is 6.05. The molecule has 0 aliphatic rings. The molecule has 1 amide bonds. The molecule has 1 heterocycles. The molecule has 0 aromatic carbocycles. The van der Waals surface area contributed by atoms with E-state index in [4.69, 9.17) is 0 Å². The lowest BCUT2D eigenvalue weighted by molar-refractivity contribution is 0.0980. The van der Waals surface area contributed by atoms with E-state index in [1.807, 2.05) is 0 Å². The summed E-state index contributed by atoms with van der Waals surface area (Å²) in [6.45, 7) is 0. The highest BCUT2D eigenvalue weighted by molar-refractivity contribution is 7.78. The molecule has 1 aromatic heterocycles. The normalized spacial score (nSPS) is 9.00. The van der Waals surface area contributed by atoms with Crippen LogP contribution in [0.15, 0.2) is 12.3 Å². The summed E-state index contributed by atoms with van der Waals surface area (Å²) in [5.74, 6) is -0.282. The highest BCUT2D eigenvalue weighted by Gasteiger charge is 2.01. The summed E-state index contributed by atoms with van der Waals surface area (Å²) in [6.07, 6.45) is 1.50. The van der Waals surface area contributed by atoms with E-state index in [9.17, 15) is 4.79 Å². The first-order valence-corrected chi connectivity index (χ1v) is 2.73. The molecule has 0 aliphatic heterocycles.